The van der Waals surface area contributed by atoms with Gasteiger partial charge < -0.3 is 10.1 Å². The summed E-state index contributed by atoms with van der Waals surface area (Å²) in [4.78, 5) is 38.3. The van der Waals surface area contributed by atoms with Crippen LogP contribution in [0.15, 0.2) is 53.2 Å². The number of benzene rings is 2. The van der Waals surface area contributed by atoms with E-state index in [0.29, 0.717) is 24.3 Å². The highest BCUT2D eigenvalue weighted by molar-refractivity contribution is 6.54. The molecule has 2 aromatic rings. The third-order valence-electron chi connectivity index (χ3n) is 4.00. The summed E-state index contributed by atoms with van der Waals surface area (Å²) in [7, 11) is 0. The maximum Gasteiger partial charge on any atom is 0.338 e. The molecule has 2 amide bonds. The lowest BCUT2D eigenvalue weighted by Crippen LogP contribution is -2.32. The molecule has 0 bridgehead atoms. The summed E-state index contributed by atoms with van der Waals surface area (Å²) in [6, 6.07) is 10.9. The van der Waals surface area contributed by atoms with Crippen molar-refractivity contribution in [3.05, 3.63) is 68.8 Å². The van der Waals surface area contributed by atoms with Gasteiger partial charge in [-0.15, -0.1) is 0 Å². The van der Waals surface area contributed by atoms with Crippen molar-refractivity contribution in [2.45, 2.75) is 13.3 Å². The Kier molecular flexibility index (Phi) is 6.47. The van der Waals surface area contributed by atoms with Crippen LogP contribution in [0.2, 0.25) is 10.0 Å². The number of hydrogen-bond acceptors (Lipinski definition) is 5. The standard InChI is InChI=1S/C20H15Cl3N2O4/c1-2-9-29-20(28)11-5-3-6-12(10-11)24-17-16(23)18(26)25(19(17)27)14-8-4-7-13(21)15(14)22/h3-8,10,24H,2,9H2,1H3. The molecule has 6 nitrogen and oxygen atoms in total. The third-order valence-corrected chi connectivity index (χ3v) is 5.16. The second-order valence-electron chi connectivity index (χ2n) is 6.05. The molecule has 0 spiro atoms. The van der Waals surface area contributed by atoms with E-state index < -0.39 is 17.8 Å². The topological polar surface area (TPSA) is 75.7 Å². The van der Waals surface area contributed by atoms with Crippen molar-refractivity contribution in [2.24, 2.45) is 0 Å². The maximum absolute atomic E-state index is 12.9. The molecule has 1 aliphatic rings. The maximum atomic E-state index is 12.9. The van der Waals surface area contributed by atoms with Crippen LogP contribution in [0.5, 0.6) is 0 Å². The van der Waals surface area contributed by atoms with E-state index in [2.05, 4.69) is 5.32 Å². The average Bonchev–Trinajstić information content (AvgIpc) is 2.92. The lowest BCUT2D eigenvalue weighted by molar-refractivity contribution is -0.120. The third kappa shape index (κ3) is 4.24. The van der Waals surface area contributed by atoms with Gasteiger partial charge in [-0.2, -0.15) is 0 Å². The van der Waals surface area contributed by atoms with Crippen LogP contribution < -0.4 is 10.2 Å². The van der Waals surface area contributed by atoms with Crippen molar-refractivity contribution in [3.8, 4) is 0 Å². The molecule has 3 rings (SSSR count). The molecule has 1 aliphatic heterocycles. The Morgan fingerprint density at radius 1 is 1.07 bits per heavy atom. The van der Waals surface area contributed by atoms with Gasteiger partial charge in [0.25, 0.3) is 11.8 Å². The monoisotopic (exact) mass is 452 g/mol. The zero-order valence-corrected chi connectivity index (χ0v) is 17.4. The van der Waals surface area contributed by atoms with Gasteiger partial charge in [0.1, 0.15) is 10.7 Å². The SMILES string of the molecule is CCCOC(=O)c1cccc(NC2=C(Cl)C(=O)N(c3cccc(Cl)c3Cl)C2=O)c1. The molecule has 1 heterocycles. The molecule has 29 heavy (non-hydrogen) atoms. The van der Waals surface area contributed by atoms with E-state index in [0.717, 1.165) is 4.90 Å². The van der Waals surface area contributed by atoms with E-state index in [-0.39, 0.29) is 26.5 Å². The predicted molar refractivity (Wildman–Crippen MR) is 112 cm³/mol. The number of esters is 1. The van der Waals surface area contributed by atoms with Gasteiger partial charge in [-0.3, -0.25) is 9.59 Å². The van der Waals surface area contributed by atoms with E-state index in [4.69, 9.17) is 39.5 Å². The molecule has 0 atom stereocenters. The zero-order valence-electron chi connectivity index (χ0n) is 15.2. The number of nitrogens with zero attached hydrogens (tertiary/aromatic N) is 1. The van der Waals surface area contributed by atoms with Crippen molar-refractivity contribution >= 4 is 64.0 Å². The van der Waals surface area contributed by atoms with Crippen molar-refractivity contribution in [1.82, 2.24) is 0 Å². The Morgan fingerprint density at radius 2 is 1.79 bits per heavy atom. The number of ether oxygens (including phenoxy) is 1. The van der Waals surface area contributed by atoms with Gasteiger partial charge in [0.05, 0.1) is 27.9 Å². The molecule has 2 aromatic carbocycles. The van der Waals surface area contributed by atoms with Gasteiger partial charge in [0, 0.05) is 5.69 Å². The van der Waals surface area contributed by atoms with E-state index in [1.54, 1.807) is 24.3 Å². The Labute approximate surface area is 182 Å². The average molecular weight is 454 g/mol. The molecule has 0 unspecified atom stereocenters. The summed E-state index contributed by atoms with van der Waals surface area (Å²) in [5.41, 5.74) is 0.684. The van der Waals surface area contributed by atoms with Crippen molar-refractivity contribution < 1.29 is 19.1 Å². The molecule has 0 aliphatic carbocycles. The fraction of sp³-hybridized carbons (Fsp3) is 0.150. The van der Waals surface area contributed by atoms with Crippen LogP contribution in [0.1, 0.15) is 23.7 Å². The predicted octanol–water partition coefficient (Wildman–Crippen LogP) is 5.00. The first kappa shape index (κ1) is 21.2. The number of hydrogen-bond donors (Lipinski definition) is 1. The van der Waals surface area contributed by atoms with Crippen LogP contribution in [0.25, 0.3) is 0 Å². The Balaban J connectivity index is 1.87. The minimum atomic E-state index is -0.734. The fourth-order valence-corrected chi connectivity index (χ4v) is 3.23. The highest BCUT2D eigenvalue weighted by Gasteiger charge is 2.40. The summed E-state index contributed by atoms with van der Waals surface area (Å²) in [5, 5.41) is 2.76. The summed E-state index contributed by atoms with van der Waals surface area (Å²) < 4.78 is 5.10. The number of carbonyl (C=O) groups is 3. The number of halogens is 3. The molecule has 150 valence electrons. The van der Waals surface area contributed by atoms with Crippen LogP contribution in [0.4, 0.5) is 11.4 Å². The van der Waals surface area contributed by atoms with Gasteiger partial charge in [-0.05, 0) is 36.8 Å². The molecule has 1 N–H and O–H groups in total. The molecule has 0 fully saturated rings. The first-order valence-electron chi connectivity index (χ1n) is 8.62. The van der Waals surface area contributed by atoms with Crippen molar-refractivity contribution in [2.75, 3.05) is 16.8 Å². The second-order valence-corrected chi connectivity index (χ2v) is 7.21. The van der Waals surface area contributed by atoms with Crippen molar-refractivity contribution in [1.29, 1.82) is 0 Å². The van der Waals surface area contributed by atoms with Crippen LogP contribution >= 0.6 is 34.8 Å². The lowest BCUT2D eigenvalue weighted by atomic mass is 10.2. The number of imide groups is 1. The smallest absolute Gasteiger partial charge is 0.338 e. The summed E-state index contributed by atoms with van der Waals surface area (Å²) in [6.07, 6.45) is 0.699. The molecule has 0 aromatic heterocycles. The Bertz CT molecular complexity index is 1040. The molecular weight excluding hydrogens is 439 g/mol. The normalized spacial score (nSPS) is 13.9. The fourth-order valence-electron chi connectivity index (χ4n) is 2.64. The van der Waals surface area contributed by atoms with Gasteiger partial charge >= 0.3 is 5.97 Å². The number of amides is 2. The Morgan fingerprint density at radius 3 is 2.52 bits per heavy atom. The van der Waals surface area contributed by atoms with Crippen molar-refractivity contribution in [3.63, 3.8) is 0 Å². The van der Waals surface area contributed by atoms with E-state index >= 15 is 0 Å². The lowest BCUT2D eigenvalue weighted by Gasteiger charge is -2.17. The number of nitrogens with one attached hydrogen (secondary N) is 1. The highest BCUT2D eigenvalue weighted by Crippen LogP contribution is 2.37. The summed E-state index contributed by atoms with van der Waals surface area (Å²) >= 11 is 18.2. The Hall–Kier alpha value is -2.54. The molecule has 9 heteroatoms. The van der Waals surface area contributed by atoms with Gasteiger partial charge in [-0.25, -0.2) is 9.69 Å². The molecule has 0 saturated heterocycles. The van der Waals surface area contributed by atoms with E-state index in [1.165, 1.54) is 18.2 Å². The van der Waals surface area contributed by atoms with Crippen LogP contribution in [-0.4, -0.2) is 24.4 Å². The zero-order chi connectivity index (χ0) is 21.1. The summed E-state index contributed by atoms with van der Waals surface area (Å²) in [5.74, 6) is -1.92. The van der Waals surface area contributed by atoms with Crippen LogP contribution in [0, 0.1) is 0 Å². The van der Waals surface area contributed by atoms with Crippen LogP contribution in [0.3, 0.4) is 0 Å². The largest absolute Gasteiger partial charge is 0.462 e. The van der Waals surface area contributed by atoms with Gasteiger partial charge in [0.15, 0.2) is 0 Å². The first-order valence-corrected chi connectivity index (χ1v) is 9.75. The minimum absolute atomic E-state index is 0.0576. The van der Waals surface area contributed by atoms with Gasteiger partial charge in [0.2, 0.25) is 0 Å². The van der Waals surface area contributed by atoms with E-state index in [9.17, 15) is 14.4 Å². The van der Waals surface area contributed by atoms with Crippen LogP contribution in [-0.2, 0) is 14.3 Å². The number of carbonyl (C=O) groups excluding carboxylic acids is 3. The molecule has 0 saturated carbocycles. The second kappa shape index (κ2) is 8.86. The quantitative estimate of drug-likeness (QED) is 0.492. The number of anilines is 2. The first-order chi connectivity index (χ1) is 13.8. The van der Waals surface area contributed by atoms with Gasteiger partial charge in [-0.1, -0.05) is 53.9 Å². The minimum Gasteiger partial charge on any atom is -0.462 e. The highest BCUT2D eigenvalue weighted by atomic mass is 35.5. The molecular formula is C20H15Cl3N2O4. The summed E-state index contributed by atoms with van der Waals surface area (Å²) in [6.45, 7) is 2.19. The molecule has 0 radical (unpaired) electrons. The van der Waals surface area contributed by atoms with E-state index in [1.807, 2.05) is 6.92 Å². The number of rotatable bonds is 6.